The summed E-state index contributed by atoms with van der Waals surface area (Å²) >= 11 is 0. The van der Waals surface area contributed by atoms with Crippen LogP contribution in [0.15, 0.2) is 60.7 Å². The van der Waals surface area contributed by atoms with Gasteiger partial charge in [0.1, 0.15) is 61.3 Å². The first-order valence-corrected chi connectivity index (χ1v) is 12.7. The van der Waals surface area contributed by atoms with Crippen LogP contribution in [0, 0.1) is 11.8 Å². The van der Waals surface area contributed by atoms with Crippen LogP contribution < -0.4 is 9.47 Å². The minimum absolute atomic E-state index is 0.0888. The maximum absolute atomic E-state index is 12.5. The van der Waals surface area contributed by atoms with Gasteiger partial charge in [0, 0.05) is 0 Å². The average molecular weight is 545 g/mol. The van der Waals surface area contributed by atoms with Gasteiger partial charge >= 0.3 is 11.9 Å². The summed E-state index contributed by atoms with van der Waals surface area (Å²) in [6, 6.07) is 18.5. The molecule has 0 radical (unpaired) electrons. The van der Waals surface area contributed by atoms with Crippen LogP contribution in [0.2, 0.25) is 0 Å². The van der Waals surface area contributed by atoms with E-state index < -0.39 is 35.3 Å². The zero-order chi connectivity index (χ0) is 28.3. The Balaban J connectivity index is 1.64. The molecule has 2 atom stereocenters. The molecule has 212 valence electrons. The Morgan fingerprint density at radius 1 is 0.538 bits per heavy atom. The summed E-state index contributed by atoms with van der Waals surface area (Å²) in [5.74, 6) is -3.80. The standard InChI is InChI=1S/C29H36O10/c1-22(30)26(28(32)38-19-15-34-13-17-36-24-9-5-3-6-10-24)21-27(23(2)31)29(33)39-20-16-35-14-18-37-25-11-7-4-8-12-25/h3-12,26-27H,13-21H2,1-2H3/t26-,27+. The molecule has 0 aliphatic rings. The van der Waals surface area contributed by atoms with E-state index in [2.05, 4.69) is 0 Å². The van der Waals surface area contributed by atoms with Crippen molar-refractivity contribution in [3.63, 3.8) is 0 Å². The normalized spacial score (nSPS) is 12.2. The van der Waals surface area contributed by atoms with Crippen LogP contribution in [0.25, 0.3) is 0 Å². The van der Waals surface area contributed by atoms with Gasteiger partial charge in [-0.3, -0.25) is 19.2 Å². The van der Waals surface area contributed by atoms with E-state index in [0.29, 0.717) is 13.2 Å². The summed E-state index contributed by atoms with van der Waals surface area (Å²) < 4.78 is 32.0. The number of hydrogen-bond donors (Lipinski definition) is 0. The van der Waals surface area contributed by atoms with Crippen molar-refractivity contribution < 1.29 is 47.6 Å². The molecule has 0 amide bonds. The van der Waals surface area contributed by atoms with Gasteiger partial charge in [0.15, 0.2) is 0 Å². The van der Waals surface area contributed by atoms with Crippen molar-refractivity contribution >= 4 is 23.5 Å². The maximum atomic E-state index is 12.5. The lowest BCUT2D eigenvalue weighted by Crippen LogP contribution is -2.34. The van der Waals surface area contributed by atoms with E-state index in [1.807, 2.05) is 60.7 Å². The second-order valence-electron chi connectivity index (χ2n) is 8.44. The quantitative estimate of drug-likeness (QED) is 0.140. The zero-order valence-corrected chi connectivity index (χ0v) is 22.4. The van der Waals surface area contributed by atoms with E-state index in [1.54, 1.807) is 0 Å². The highest BCUT2D eigenvalue weighted by atomic mass is 16.6. The summed E-state index contributed by atoms with van der Waals surface area (Å²) in [5, 5.41) is 0. The van der Waals surface area contributed by atoms with Crippen molar-refractivity contribution in [1.29, 1.82) is 0 Å². The lowest BCUT2D eigenvalue weighted by atomic mass is 9.89. The van der Waals surface area contributed by atoms with Gasteiger partial charge in [-0.25, -0.2) is 0 Å². The summed E-state index contributed by atoms with van der Waals surface area (Å²) in [6.45, 7) is 3.64. The highest BCUT2D eigenvalue weighted by Gasteiger charge is 2.35. The Morgan fingerprint density at radius 2 is 0.897 bits per heavy atom. The Morgan fingerprint density at radius 3 is 1.26 bits per heavy atom. The van der Waals surface area contributed by atoms with E-state index in [4.69, 9.17) is 28.4 Å². The highest BCUT2D eigenvalue weighted by Crippen LogP contribution is 2.18. The molecule has 0 aliphatic carbocycles. The molecule has 0 spiro atoms. The third kappa shape index (κ3) is 13.0. The van der Waals surface area contributed by atoms with Crippen molar-refractivity contribution in [2.45, 2.75) is 20.3 Å². The van der Waals surface area contributed by atoms with Gasteiger partial charge in [-0.1, -0.05) is 36.4 Å². The van der Waals surface area contributed by atoms with Crippen LogP contribution in [-0.4, -0.2) is 76.4 Å². The molecule has 39 heavy (non-hydrogen) atoms. The van der Waals surface area contributed by atoms with E-state index in [1.165, 1.54) is 13.8 Å². The van der Waals surface area contributed by atoms with Gasteiger partial charge < -0.3 is 28.4 Å². The monoisotopic (exact) mass is 544 g/mol. The first-order valence-electron chi connectivity index (χ1n) is 12.7. The largest absolute Gasteiger partial charge is 0.491 e. The molecule has 0 saturated carbocycles. The number of carbonyl (C=O) groups excluding carboxylic acids is 4. The molecule has 0 aliphatic heterocycles. The average Bonchev–Trinajstić information content (AvgIpc) is 2.93. The molecule has 10 nitrogen and oxygen atoms in total. The molecule has 0 fully saturated rings. The molecule has 0 saturated heterocycles. The number of carbonyl (C=O) groups is 4. The molecule has 0 heterocycles. The van der Waals surface area contributed by atoms with Crippen LogP contribution in [0.5, 0.6) is 11.5 Å². The van der Waals surface area contributed by atoms with Crippen molar-refractivity contribution in [1.82, 2.24) is 0 Å². The summed E-state index contributed by atoms with van der Waals surface area (Å²) in [6.07, 6.45) is -0.333. The molecule has 0 unspecified atom stereocenters. The Hall–Kier alpha value is -3.76. The number of para-hydroxylation sites is 2. The highest BCUT2D eigenvalue weighted by molar-refractivity contribution is 6.02. The predicted molar refractivity (Wildman–Crippen MR) is 140 cm³/mol. The molecule has 2 aromatic rings. The van der Waals surface area contributed by atoms with Crippen LogP contribution in [-0.2, 0) is 38.1 Å². The molecule has 0 bridgehead atoms. The van der Waals surface area contributed by atoms with Gasteiger partial charge in [-0.15, -0.1) is 0 Å². The van der Waals surface area contributed by atoms with E-state index in [0.717, 1.165) is 11.5 Å². The number of benzene rings is 2. The van der Waals surface area contributed by atoms with Gasteiger partial charge in [-0.2, -0.15) is 0 Å². The summed E-state index contributed by atoms with van der Waals surface area (Å²) in [5.41, 5.74) is 0. The van der Waals surface area contributed by atoms with Crippen molar-refractivity contribution in [2.75, 3.05) is 52.9 Å². The third-order valence-electron chi connectivity index (χ3n) is 5.45. The first-order chi connectivity index (χ1) is 18.9. The Bertz CT molecular complexity index is 928. The molecular weight excluding hydrogens is 508 g/mol. The van der Waals surface area contributed by atoms with Crippen LogP contribution in [0.1, 0.15) is 20.3 Å². The number of esters is 2. The van der Waals surface area contributed by atoms with Gasteiger partial charge in [0.05, 0.1) is 26.4 Å². The summed E-state index contributed by atoms with van der Waals surface area (Å²) in [4.78, 5) is 49.2. The van der Waals surface area contributed by atoms with Crippen molar-refractivity contribution in [3.05, 3.63) is 60.7 Å². The predicted octanol–water partition coefficient (Wildman–Crippen LogP) is 3.06. The zero-order valence-electron chi connectivity index (χ0n) is 22.4. The van der Waals surface area contributed by atoms with Crippen LogP contribution in [0.4, 0.5) is 0 Å². The second-order valence-corrected chi connectivity index (χ2v) is 8.44. The smallest absolute Gasteiger partial charge is 0.316 e. The van der Waals surface area contributed by atoms with Crippen molar-refractivity contribution in [2.24, 2.45) is 11.8 Å². The number of hydrogen-bond acceptors (Lipinski definition) is 10. The van der Waals surface area contributed by atoms with E-state index >= 15 is 0 Å². The molecular formula is C29H36O10. The molecule has 0 N–H and O–H groups in total. The molecule has 2 aromatic carbocycles. The van der Waals surface area contributed by atoms with Gasteiger partial charge in [0.2, 0.25) is 0 Å². The summed E-state index contributed by atoms with van der Waals surface area (Å²) in [7, 11) is 0. The minimum Gasteiger partial charge on any atom is -0.491 e. The Labute approximate surface area is 228 Å². The fourth-order valence-electron chi connectivity index (χ4n) is 3.37. The maximum Gasteiger partial charge on any atom is 0.316 e. The molecule has 2 rings (SSSR count). The first kappa shape index (κ1) is 31.5. The number of rotatable bonds is 20. The second kappa shape index (κ2) is 18.5. The van der Waals surface area contributed by atoms with Crippen LogP contribution >= 0.6 is 0 Å². The lowest BCUT2D eigenvalue weighted by molar-refractivity contribution is -0.157. The number of ketones is 2. The fourth-order valence-corrected chi connectivity index (χ4v) is 3.37. The Kier molecular flexibility index (Phi) is 14.9. The SMILES string of the molecule is CC(=O)[C@@H](C[C@@H](C(C)=O)C(=O)OCCOCCOc1ccccc1)C(=O)OCCOCCOc1ccccc1. The molecule has 0 aromatic heterocycles. The van der Waals surface area contributed by atoms with Gasteiger partial charge in [-0.05, 0) is 44.5 Å². The fraction of sp³-hybridized carbons (Fsp3) is 0.448. The number of Topliss-reactive ketones (excluding diaryl/α,β-unsaturated/α-hetero) is 2. The van der Waals surface area contributed by atoms with E-state index in [-0.39, 0.29) is 46.1 Å². The minimum atomic E-state index is -1.28. The number of ether oxygens (including phenoxy) is 6. The molecule has 10 heteroatoms. The van der Waals surface area contributed by atoms with Crippen LogP contribution in [0.3, 0.4) is 0 Å². The van der Waals surface area contributed by atoms with Gasteiger partial charge in [0.25, 0.3) is 0 Å². The topological polar surface area (TPSA) is 124 Å². The van der Waals surface area contributed by atoms with E-state index in [9.17, 15) is 19.2 Å². The lowest BCUT2D eigenvalue weighted by Gasteiger charge is -2.18. The van der Waals surface area contributed by atoms with Crippen molar-refractivity contribution in [3.8, 4) is 11.5 Å². The third-order valence-corrected chi connectivity index (χ3v) is 5.45.